The maximum atomic E-state index is 14.4. The molecule has 42 heavy (non-hydrogen) atoms. The predicted molar refractivity (Wildman–Crippen MR) is 150 cm³/mol. The van der Waals surface area contributed by atoms with E-state index in [1.165, 1.54) is 43.2 Å². The number of rotatable bonds is 7. The Labute approximate surface area is 244 Å². The monoisotopic (exact) mass is 593 g/mol. The Hall–Kier alpha value is -4.54. The normalized spacial score (nSPS) is 15.2. The Bertz CT molecular complexity index is 1690. The van der Waals surface area contributed by atoms with Crippen molar-refractivity contribution in [2.24, 2.45) is 0 Å². The van der Waals surface area contributed by atoms with Crippen molar-refractivity contribution in [2.75, 3.05) is 34.3 Å². The Balaban J connectivity index is 1.63. The first kappa shape index (κ1) is 29.0. The van der Waals surface area contributed by atoms with Crippen LogP contribution in [0.5, 0.6) is 5.75 Å². The molecule has 0 aliphatic carbocycles. The van der Waals surface area contributed by atoms with E-state index in [0.717, 1.165) is 15.1 Å². The largest absolute Gasteiger partial charge is 0.491 e. The lowest BCUT2D eigenvalue weighted by Gasteiger charge is -2.33. The number of nitrogens with zero attached hydrogens (tertiary/aromatic N) is 7. The number of hydrogen-bond acceptors (Lipinski definition) is 8. The number of methoxy groups -OCH3 is 1. The first-order valence-electron chi connectivity index (χ1n) is 12.8. The second-order valence-corrected chi connectivity index (χ2v) is 11.0. The molecule has 0 N–H and O–H groups in total. The molecule has 216 valence electrons. The molecule has 0 fully saturated rings. The van der Waals surface area contributed by atoms with Gasteiger partial charge < -0.3 is 14.5 Å². The zero-order valence-corrected chi connectivity index (χ0v) is 23.8. The smallest absolute Gasteiger partial charge is 0.435 e. The molecule has 4 heterocycles. The minimum Gasteiger partial charge on any atom is -0.491 e. The van der Waals surface area contributed by atoms with Gasteiger partial charge in [0, 0.05) is 41.7 Å². The van der Waals surface area contributed by atoms with Crippen molar-refractivity contribution < 1.29 is 22.7 Å². The van der Waals surface area contributed by atoms with Crippen molar-refractivity contribution in [1.82, 2.24) is 29.5 Å². The summed E-state index contributed by atoms with van der Waals surface area (Å²) in [6.07, 6.45) is 2.32. The average molecular weight is 594 g/mol. The fourth-order valence-electron chi connectivity index (χ4n) is 4.94. The molecule has 0 unspecified atom stereocenters. The average Bonchev–Trinajstić information content (AvgIpc) is 3.61. The molecule has 0 saturated carbocycles. The number of thiophene rings is 1. The Morgan fingerprint density at radius 1 is 1.26 bits per heavy atom. The third-order valence-corrected chi connectivity index (χ3v) is 7.85. The summed E-state index contributed by atoms with van der Waals surface area (Å²) < 4.78 is 49.5. The van der Waals surface area contributed by atoms with Crippen molar-refractivity contribution in [1.29, 1.82) is 5.26 Å². The lowest BCUT2D eigenvalue weighted by Crippen LogP contribution is -2.37. The van der Waals surface area contributed by atoms with E-state index >= 15 is 0 Å². The van der Waals surface area contributed by atoms with Crippen LogP contribution in [0.4, 0.5) is 13.2 Å². The van der Waals surface area contributed by atoms with Crippen LogP contribution < -0.4 is 4.74 Å². The van der Waals surface area contributed by atoms with E-state index in [0.29, 0.717) is 29.1 Å². The first-order chi connectivity index (χ1) is 20.1. The van der Waals surface area contributed by atoms with Gasteiger partial charge in [-0.2, -0.15) is 23.5 Å². The molecule has 9 nitrogen and oxygen atoms in total. The molecule has 5 rings (SSSR count). The first-order valence-corrected chi connectivity index (χ1v) is 13.7. The van der Waals surface area contributed by atoms with E-state index in [1.54, 1.807) is 41.3 Å². The fourth-order valence-corrected chi connectivity index (χ4v) is 5.97. The van der Waals surface area contributed by atoms with Gasteiger partial charge in [-0.25, -0.2) is 14.6 Å². The number of halogens is 3. The Kier molecular flexibility index (Phi) is 8.11. The quantitative estimate of drug-likeness (QED) is 0.282. The zero-order valence-electron chi connectivity index (χ0n) is 23.0. The van der Waals surface area contributed by atoms with Crippen molar-refractivity contribution in [3.05, 3.63) is 87.8 Å². The van der Waals surface area contributed by atoms with Crippen LogP contribution >= 0.6 is 11.3 Å². The number of benzene rings is 1. The Morgan fingerprint density at radius 2 is 2.05 bits per heavy atom. The number of hydrogen-bond donors (Lipinski definition) is 0. The summed E-state index contributed by atoms with van der Waals surface area (Å²) in [5.41, 5.74) is 0.473. The van der Waals surface area contributed by atoms with Gasteiger partial charge in [0.25, 0.3) is 0 Å². The van der Waals surface area contributed by atoms with Crippen molar-refractivity contribution in [2.45, 2.75) is 18.6 Å². The van der Waals surface area contributed by atoms with Crippen LogP contribution in [0.1, 0.15) is 32.5 Å². The lowest BCUT2D eigenvalue weighted by atomic mass is 9.83. The molecule has 13 heteroatoms. The highest BCUT2D eigenvalue weighted by atomic mass is 32.1. The third-order valence-electron chi connectivity index (χ3n) is 6.81. The van der Waals surface area contributed by atoms with Crippen molar-refractivity contribution in [3.8, 4) is 28.8 Å². The molecular weight excluding hydrogens is 567 g/mol. The van der Waals surface area contributed by atoms with Crippen LogP contribution in [-0.2, 0) is 17.5 Å². The molecular formula is C29H26F3N7O2S. The number of likely N-dealkylation sites (N-methyl/N-ethyl adjacent to an activating group) is 1. The van der Waals surface area contributed by atoms with E-state index in [9.17, 15) is 23.2 Å². The highest BCUT2D eigenvalue weighted by molar-refractivity contribution is 7.12. The van der Waals surface area contributed by atoms with Gasteiger partial charge in [-0.15, -0.1) is 11.3 Å². The minimum absolute atomic E-state index is 0.0551. The summed E-state index contributed by atoms with van der Waals surface area (Å²) in [6, 6.07) is 10.7. The van der Waals surface area contributed by atoms with Crippen LogP contribution in [0.25, 0.3) is 16.9 Å². The number of carbonyl (C=O) groups excluding carboxylic acids is 1. The van der Waals surface area contributed by atoms with Crippen LogP contribution in [0, 0.1) is 11.3 Å². The number of carbonyl (C=O) groups is 1. The van der Waals surface area contributed by atoms with Crippen molar-refractivity contribution in [3.63, 3.8) is 0 Å². The molecule has 4 aromatic rings. The maximum Gasteiger partial charge on any atom is 0.435 e. The molecule has 0 saturated heterocycles. The number of amides is 1. The topological polar surface area (TPSA) is 100 Å². The molecule has 1 aliphatic rings. The molecule has 0 bridgehead atoms. The van der Waals surface area contributed by atoms with Crippen molar-refractivity contribution >= 4 is 17.2 Å². The standard InChI is InChI=1S/C29H26F3N7O2S/c1-37(2)10-6-9-26(40)38-14-22(21-11-18(12-33)42-25(21)16-38)19-7-4-5-8-20(19)23-15-39(36-27(23)29(30,31)32)28-24(41-3)13-34-17-35-28/h4-9,11,13,15,17,22H,10,14,16H2,1-3H3/b9-6+/t22-/m0/s1. The van der Waals surface area contributed by atoms with E-state index in [1.807, 2.05) is 19.0 Å². The molecule has 3 aromatic heterocycles. The number of ether oxygens (including phenoxy) is 1. The van der Waals surface area contributed by atoms with Gasteiger partial charge in [0.2, 0.25) is 5.91 Å². The van der Waals surface area contributed by atoms with Crippen LogP contribution in [0.15, 0.2) is 61.2 Å². The second-order valence-electron chi connectivity index (χ2n) is 9.87. The predicted octanol–water partition coefficient (Wildman–Crippen LogP) is 4.88. The molecule has 0 radical (unpaired) electrons. The van der Waals surface area contributed by atoms with Crippen LogP contribution in [0.2, 0.25) is 0 Å². The summed E-state index contributed by atoms with van der Waals surface area (Å²) >= 11 is 1.29. The third kappa shape index (κ3) is 5.77. The molecule has 1 amide bonds. The van der Waals surface area contributed by atoms with Crippen LogP contribution in [0.3, 0.4) is 0 Å². The van der Waals surface area contributed by atoms with Crippen LogP contribution in [-0.4, -0.2) is 69.8 Å². The number of fused-ring (bicyclic) bond motifs is 1. The minimum atomic E-state index is -4.78. The number of alkyl halides is 3. The van der Waals surface area contributed by atoms with Gasteiger partial charge in [0.15, 0.2) is 17.3 Å². The summed E-state index contributed by atoms with van der Waals surface area (Å²) in [6.45, 7) is 1.12. The van der Waals surface area contributed by atoms with Gasteiger partial charge in [-0.1, -0.05) is 30.3 Å². The van der Waals surface area contributed by atoms with Gasteiger partial charge >= 0.3 is 6.18 Å². The molecule has 1 atom stereocenters. The van der Waals surface area contributed by atoms with Gasteiger partial charge in [-0.3, -0.25) is 4.79 Å². The van der Waals surface area contributed by atoms with Gasteiger partial charge in [0.1, 0.15) is 17.3 Å². The van der Waals surface area contributed by atoms with Gasteiger partial charge in [-0.05, 0) is 36.9 Å². The zero-order chi connectivity index (χ0) is 30.0. The fraction of sp³-hybridized carbons (Fsp3) is 0.276. The highest BCUT2D eigenvalue weighted by Crippen LogP contribution is 2.44. The molecule has 0 spiro atoms. The summed E-state index contributed by atoms with van der Waals surface area (Å²) in [5, 5.41) is 13.5. The van der Waals surface area contributed by atoms with E-state index in [4.69, 9.17) is 4.74 Å². The van der Waals surface area contributed by atoms with E-state index in [-0.39, 0.29) is 29.6 Å². The summed E-state index contributed by atoms with van der Waals surface area (Å²) in [4.78, 5) is 26.0. The Morgan fingerprint density at radius 3 is 2.76 bits per heavy atom. The highest BCUT2D eigenvalue weighted by Gasteiger charge is 2.40. The van der Waals surface area contributed by atoms with E-state index < -0.39 is 17.8 Å². The molecule has 1 aliphatic heterocycles. The maximum absolute atomic E-state index is 14.4. The van der Waals surface area contributed by atoms with E-state index in [2.05, 4.69) is 21.1 Å². The molecule has 1 aromatic carbocycles. The van der Waals surface area contributed by atoms with Gasteiger partial charge in [0.05, 0.1) is 19.9 Å². The number of aromatic nitrogens is 4. The summed E-state index contributed by atoms with van der Waals surface area (Å²) in [5.74, 6) is -0.479. The number of nitriles is 1. The summed E-state index contributed by atoms with van der Waals surface area (Å²) in [7, 11) is 5.15. The lowest BCUT2D eigenvalue weighted by molar-refractivity contribution is -0.140. The second kappa shape index (κ2) is 11.8. The SMILES string of the molecule is COc1cncnc1-n1cc(-c2ccccc2[C@@H]2CN(C(=O)/C=C/CN(C)C)Cc3sc(C#N)cc32)c(C(F)(F)F)n1.